The summed E-state index contributed by atoms with van der Waals surface area (Å²) in [6.45, 7) is 1.66. The van der Waals surface area contributed by atoms with Gasteiger partial charge in [-0.2, -0.15) is 0 Å². The summed E-state index contributed by atoms with van der Waals surface area (Å²) in [6, 6.07) is 8.40. The van der Waals surface area contributed by atoms with E-state index in [0.29, 0.717) is 11.6 Å². The zero-order chi connectivity index (χ0) is 18.6. The SMILES string of the molecule is COC(=O)c1ccc2c(c1)CCN(c1cc(NC3CCCCC3)ncn1)C2. The normalized spacial score (nSPS) is 17.3. The number of nitrogens with one attached hydrogen (secondary N) is 1. The third-order valence-electron chi connectivity index (χ3n) is 5.57. The first-order valence-electron chi connectivity index (χ1n) is 9.76. The number of hydrogen-bond acceptors (Lipinski definition) is 6. The van der Waals surface area contributed by atoms with Gasteiger partial charge in [0.2, 0.25) is 0 Å². The van der Waals surface area contributed by atoms with E-state index in [4.69, 9.17) is 4.74 Å². The molecule has 1 N–H and O–H groups in total. The van der Waals surface area contributed by atoms with Crippen LogP contribution in [0.2, 0.25) is 0 Å². The fourth-order valence-electron chi connectivity index (χ4n) is 4.05. The average molecular weight is 366 g/mol. The summed E-state index contributed by atoms with van der Waals surface area (Å²) in [7, 11) is 1.41. The number of ether oxygens (including phenoxy) is 1. The van der Waals surface area contributed by atoms with Crippen LogP contribution in [-0.4, -0.2) is 35.6 Å². The zero-order valence-electron chi connectivity index (χ0n) is 15.8. The predicted molar refractivity (Wildman–Crippen MR) is 105 cm³/mol. The summed E-state index contributed by atoms with van der Waals surface area (Å²) in [5, 5.41) is 3.58. The number of esters is 1. The van der Waals surface area contributed by atoms with Gasteiger partial charge in [0.1, 0.15) is 18.0 Å². The second kappa shape index (κ2) is 7.94. The van der Waals surface area contributed by atoms with E-state index in [9.17, 15) is 4.79 Å². The van der Waals surface area contributed by atoms with Gasteiger partial charge in [0.25, 0.3) is 0 Å². The molecule has 2 aliphatic rings. The summed E-state index contributed by atoms with van der Waals surface area (Å²) in [6.07, 6.45) is 8.92. The van der Waals surface area contributed by atoms with Crippen molar-refractivity contribution in [3.8, 4) is 0 Å². The van der Waals surface area contributed by atoms with E-state index in [1.165, 1.54) is 50.3 Å². The quantitative estimate of drug-likeness (QED) is 0.835. The van der Waals surface area contributed by atoms with Crippen molar-refractivity contribution < 1.29 is 9.53 Å². The smallest absolute Gasteiger partial charge is 0.337 e. The van der Waals surface area contributed by atoms with Gasteiger partial charge in [0.15, 0.2) is 0 Å². The van der Waals surface area contributed by atoms with E-state index in [1.807, 2.05) is 18.2 Å². The van der Waals surface area contributed by atoms with Gasteiger partial charge < -0.3 is 15.0 Å². The summed E-state index contributed by atoms with van der Waals surface area (Å²) < 4.78 is 4.82. The van der Waals surface area contributed by atoms with Gasteiger partial charge in [0.05, 0.1) is 12.7 Å². The molecule has 0 radical (unpaired) electrons. The molecule has 4 rings (SSSR count). The van der Waals surface area contributed by atoms with Crippen LogP contribution in [0.4, 0.5) is 11.6 Å². The molecule has 1 fully saturated rings. The van der Waals surface area contributed by atoms with Crippen molar-refractivity contribution in [1.82, 2.24) is 9.97 Å². The molecular weight excluding hydrogens is 340 g/mol. The Morgan fingerprint density at radius 2 is 2.00 bits per heavy atom. The van der Waals surface area contributed by atoms with E-state index in [0.717, 1.165) is 31.1 Å². The Labute approximate surface area is 160 Å². The highest BCUT2D eigenvalue weighted by Gasteiger charge is 2.20. The van der Waals surface area contributed by atoms with Gasteiger partial charge >= 0.3 is 5.97 Å². The summed E-state index contributed by atoms with van der Waals surface area (Å²) in [5.74, 6) is 1.58. The lowest BCUT2D eigenvalue weighted by Crippen LogP contribution is -2.31. The third-order valence-corrected chi connectivity index (χ3v) is 5.57. The highest BCUT2D eigenvalue weighted by Crippen LogP contribution is 2.26. The molecule has 1 aliphatic carbocycles. The molecule has 6 nitrogen and oxygen atoms in total. The lowest BCUT2D eigenvalue weighted by Gasteiger charge is -2.30. The average Bonchev–Trinajstić information content (AvgIpc) is 2.73. The van der Waals surface area contributed by atoms with Gasteiger partial charge in [-0.15, -0.1) is 0 Å². The minimum Gasteiger partial charge on any atom is -0.465 e. The predicted octanol–water partition coefficient (Wildman–Crippen LogP) is 3.57. The highest BCUT2D eigenvalue weighted by molar-refractivity contribution is 5.89. The molecular formula is C21H26N4O2. The minimum atomic E-state index is -0.283. The zero-order valence-corrected chi connectivity index (χ0v) is 15.8. The molecule has 1 aromatic carbocycles. The molecule has 27 heavy (non-hydrogen) atoms. The lowest BCUT2D eigenvalue weighted by molar-refractivity contribution is 0.0600. The van der Waals surface area contributed by atoms with Gasteiger partial charge in [-0.1, -0.05) is 25.3 Å². The van der Waals surface area contributed by atoms with E-state index in [2.05, 4.69) is 26.3 Å². The van der Waals surface area contributed by atoms with Crippen LogP contribution in [0.3, 0.4) is 0 Å². The maximum absolute atomic E-state index is 11.7. The molecule has 2 heterocycles. The van der Waals surface area contributed by atoms with E-state index < -0.39 is 0 Å². The van der Waals surface area contributed by atoms with Crippen molar-refractivity contribution in [2.75, 3.05) is 23.9 Å². The number of rotatable bonds is 4. The second-order valence-corrected chi connectivity index (χ2v) is 7.39. The fourth-order valence-corrected chi connectivity index (χ4v) is 4.05. The lowest BCUT2D eigenvalue weighted by atomic mass is 9.95. The number of benzene rings is 1. The Kier molecular flexibility index (Phi) is 5.23. The topological polar surface area (TPSA) is 67.3 Å². The molecule has 0 atom stereocenters. The maximum Gasteiger partial charge on any atom is 0.337 e. The molecule has 1 saturated carbocycles. The van der Waals surface area contributed by atoms with Crippen molar-refractivity contribution in [2.24, 2.45) is 0 Å². The number of hydrogen-bond donors (Lipinski definition) is 1. The van der Waals surface area contributed by atoms with Crippen LogP contribution in [-0.2, 0) is 17.7 Å². The molecule has 0 bridgehead atoms. The monoisotopic (exact) mass is 366 g/mol. The molecule has 0 amide bonds. The van der Waals surface area contributed by atoms with E-state index in [1.54, 1.807) is 6.33 Å². The molecule has 2 aromatic rings. The maximum atomic E-state index is 11.7. The minimum absolute atomic E-state index is 0.283. The van der Waals surface area contributed by atoms with E-state index >= 15 is 0 Å². The molecule has 6 heteroatoms. The number of carbonyl (C=O) groups is 1. The number of carbonyl (C=O) groups excluding carboxylic acids is 1. The van der Waals surface area contributed by atoms with Crippen LogP contribution in [0.1, 0.15) is 53.6 Å². The van der Waals surface area contributed by atoms with Crippen molar-refractivity contribution in [3.63, 3.8) is 0 Å². The molecule has 0 spiro atoms. The van der Waals surface area contributed by atoms with Crippen molar-refractivity contribution in [1.29, 1.82) is 0 Å². The molecule has 1 aromatic heterocycles. The Balaban J connectivity index is 1.47. The Morgan fingerprint density at radius 3 is 2.81 bits per heavy atom. The summed E-state index contributed by atoms with van der Waals surface area (Å²) >= 11 is 0. The van der Waals surface area contributed by atoms with Crippen LogP contribution in [0.25, 0.3) is 0 Å². The number of anilines is 2. The fraction of sp³-hybridized carbons (Fsp3) is 0.476. The first kappa shape index (κ1) is 17.8. The largest absolute Gasteiger partial charge is 0.465 e. The first-order valence-corrected chi connectivity index (χ1v) is 9.76. The number of nitrogens with zero attached hydrogens (tertiary/aromatic N) is 3. The molecule has 0 unspecified atom stereocenters. The van der Waals surface area contributed by atoms with Gasteiger partial charge in [-0.05, 0) is 42.5 Å². The van der Waals surface area contributed by atoms with Crippen molar-refractivity contribution in [3.05, 3.63) is 47.3 Å². The standard InChI is InChI=1S/C21H26N4O2/c1-27-21(26)16-7-8-17-13-25(10-9-15(17)11-16)20-12-19(22-14-23-20)24-18-5-3-2-4-6-18/h7-8,11-12,14,18H,2-6,9-10,13H2,1H3,(H,22,23,24). The number of fused-ring (bicyclic) bond motifs is 1. The van der Waals surface area contributed by atoms with Crippen LogP contribution < -0.4 is 10.2 Å². The number of aromatic nitrogens is 2. The van der Waals surface area contributed by atoms with Crippen LogP contribution in [0.15, 0.2) is 30.6 Å². The second-order valence-electron chi connectivity index (χ2n) is 7.39. The molecule has 142 valence electrons. The van der Waals surface area contributed by atoms with Gasteiger partial charge in [0, 0.05) is 25.2 Å². The van der Waals surface area contributed by atoms with Gasteiger partial charge in [-0.25, -0.2) is 14.8 Å². The molecule has 0 saturated heterocycles. The highest BCUT2D eigenvalue weighted by atomic mass is 16.5. The van der Waals surface area contributed by atoms with Crippen LogP contribution in [0.5, 0.6) is 0 Å². The van der Waals surface area contributed by atoms with Crippen LogP contribution >= 0.6 is 0 Å². The first-order chi connectivity index (χ1) is 13.2. The van der Waals surface area contributed by atoms with Crippen molar-refractivity contribution >= 4 is 17.6 Å². The molecule has 1 aliphatic heterocycles. The third kappa shape index (κ3) is 4.04. The van der Waals surface area contributed by atoms with Crippen LogP contribution in [0, 0.1) is 0 Å². The van der Waals surface area contributed by atoms with Gasteiger partial charge in [-0.3, -0.25) is 0 Å². The Hall–Kier alpha value is -2.63. The Morgan fingerprint density at radius 1 is 1.15 bits per heavy atom. The van der Waals surface area contributed by atoms with E-state index in [-0.39, 0.29) is 5.97 Å². The summed E-state index contributed by atoms with van der Waals surface area (Å²) in [4.78, 5) is 22.9. The summed E-state index contributed by atoms with van der Waals surface area (Å²) in [5.41, 5.74) is 3.06. The van der Waals surface area contributed by atoms with Crippen molar-refractivity contribution in [2.45, 2.75) is 51.1 Å². The Bertz CT molecular complexity index is 818. The number of methoxy groups -OCH3 is 1.